The lowest BCUT2D eigenvalue weighted by Crippen LogP contribution is -2.37. The van der Waals surface area contributed by atoms with Crippen molar-refractivity contribution in [1.82, 2.24) is 8.87 Å². The quantitative estimate of drug-likeness (QED) is 0.688. The number of hydrogen-bond donors (Lipinski definition) is 0. The van der Waals surface area contributed by atoms with Gasteiger partial charge >= 0.3 is 0 Å². The van der Waals surface area contributed by atoms with E-state index in [-0.39, 0.29) is 5.75 Å². The van der Waals surface area contributed by atoms with E-state index in [1.807, 2.05) is 19.1 Å². The van der Waals surface area contributed by atoms with Gasteiger partial charge in [-0.1, -0.05) is 55.5 Å². The summed E-state index contributed by atoms with van der Waals surface area (Å²) in [7, 11) is -3.17. The van der Waals surface area contributed by atoms with Crippen molar-refractivity contribution in [2.24, 2.45) is 0 Å². The van der Waals surface area contributed by atoms with Crippen LogP contribution in [0.5, 0.6) is 0 Å². The SMILES string of the molecule is CCCS(=O)(=O)N1CCc2c(c3ccccc3n2Cc2ccccc2)C1. The van der Waals surface area contributed by atoms with E-state index in [9.17, 15) is 8.42 Å². The molecular formula is C21H24N2O2S. The largest absolute Gasteiger partial charge is 0.340 e. The molecule has 0 amide bonds. The first-order valence-electron chi connectivity index (χ1n) is 9.21. The molecule has 2 heterocycles. The molecule has 0 unspecified atom stereocenters. The second-order valence-electron chi connectivity index (χ2n) is 6.91. The van der Waals surface area contributed by atoms with Crippen molar-refractivity contribution in [3.63, 3.8) is 0 Å². The van der Waals surface area contributed by atoms with E-state index in [1.54, 1.807) is 4.31 Å². The van der Waals surface area contributed by atoms with Crippen LogP contribution in [-0.2, 0) is 29.5 Å². The Kier molecular flexibility index (Phi) is 4.59. The fraction of sp³-hybridized carbons (Fsp3) is 0.333. The predicted molar refractivity (Wildman–Crippen MR) is 106 cm³/mol. The van der Waals surface area contributed by atoms with Crippen LogP contribution in [0.15, 0.2) is 54.6 Å². The Bertz CT molecular complexity index is 1020. The van der Waals surface area contributed by atoms with E-state index in [1.165, 1.54) is 27.7 Å². The van der Waals surface area contributed by atoms with Gasteiger partial charge in [0.15, 0.2) is 0 Å². The molecule has 0 atom stereocenters. The summed E-state index contributed by atoms with van der Waals surface area (Å²) in [5.41, 5.74) is 4.90. The summed E-state index contributed by atoms with van der Waals surface area (Å²) in [6.07, 6.45) is 1.42. The van der Waals surface area contributed by atoms with Crippen LogP contribution in [0.4, 0.5) is 0 Å². The standard InChI is InChI=1S/C21H24N2O2S/c1-2-14-26(24,25)22-13-12-21-19(16-22)18-10-6-7-11-20(18)23(21)15-17-8-4-3-5-9-17/h3-11H,2,12-16H2,1H3. The lowest BCUT2D eigenvalue weighted by Gasteiger charge is -2.27. The van der Waals surface area contributed by atoms with E-state index < -0.39 is 10.0 Å². The minimum absolute atomic E-state index is 0.227. The van der Waals surface area contributed by atoms with Crippen LogP contribution < -0.4 is 0 Å². The zero-order chi connectivity index (χ0) is 18.1. The average Bonchev–Trinajstić information content (AvgIpc) is 2.96. The molecule has 0 aliphatic carbocycles. The van der Waals surface area contributed by atoms with Crippen LogP contribution in [0.25, 0.3) is 10.9 Å². The maximum absolute atomic E-state index is 12.5. The highest BCUT2D eigenvalue weighted by atomic mass is 32.2. The number of sulfonamides is 1. The monoisotopic (exact) mass is 368 g/mol. The van der Waals surface area contributed by atoms with Crippen molar-refractivity contribution in [1.29, 1.82) is 0 Å². The summed E-state index contributed by atoms with van der Waals surface area (Å²) in [5, 5.41) is 1.18. The van der Waals surface area contributed by atoms with E-state index in [0.29, 0.717) is 19.5 Å². The van der Waals surface area contributed by atoms with Crippen LogP contribution >= 0.6 is 0 Å². The van der Waals surface area contributed by atoms with Crippen molar-refractivity contribution in [3.8, 4) is 0 Å². The summed E-state index contributed by atoms with van der Waals surface area (Å²) >= 11 is 0. The Morgan fingerprint density at radius 1 is 1.00 bits per heavy atom. The van der Waals surface area contributed by atoms with Gasteiger partial charge in [-0.05, 0) is 23.6 Å². The van der Waals surface area contributed by atoms with E-state index in [0.717, 1.165) is 13.0 Å². The average molecular weight is 369 g/mol. The molecule has 26 heavy (non-hydrogen) atoms. The van der Waals surface area contributed by atoms with Gasteiger partial charge < -0.3 is 4.57 Å². The number of para-hydroxylation sites is 1. The third-order valence-electron chi connectivity index (χ3n) is 5.17. The highest BCUT2D eigenvalue weighted by molar-refractivity contribution is 7.89. The Balaban J connectivity index is 1.78. The maximum atomic E-state index is 12.5. The van der Waals surface area contributed by atoms with Crippen LogP contribution in [0, 0.1) is 0 Å². The maximum Gasteiger partial charge on any atom is 0.214 e. The van der Waals surface area contributed by atoms with Gasteiger partial charge in [0.25, 0.3) is 0 Å². The first kappa shape index (κ1) is 17.3. The predicted octanol–water partition coefficient (Wildman–Crippen LogP) is 3.79. The lowest BCUT2D eigenvalue weighted by molar-refractivity contribution is 0.386. The second-order valence-corrected chi connectivity index (χ2v) is 9.00. The van der Waals surface area contributed by atoms with E-state index >= 15 is 0 Å². The van der Waals surface area contributed by atoms with Crippen molar-refractivity contribution in [3.05, 3.63) is 71.4 Å². The van der Waals surface area contributed by atoms with Crippen molar-refractivity contribution < 1.29 is 8.42 Å². The first-order chi connectivity index (χ1) is 12.6. The van der Waals surface area contributed by atoms with Crippen LogP contribution in [0.1, 0.15) is 30.2 Å². The van der Waals surface area contributed by atoms with E-state index in [2.05, 4.69) is 47.0 Å². The van der Waals surface area contributed by atoms with Crippen LogP contribution in [0.3, 0.4) is 0 Å². The molecule has 0 radical (unpaired) electrons. The van der Waals surface area contributed by atoms with Crippen LogP contribution in [-0.4, -0.2) is 29.6 Å². The fourth-order valence-electron chi connectivity index (χ4n) is 3.95. The Morgan fingerprint density at radius 3 is 2.50 bits per heavy atom. The number of benzene rings is 2. The molecular weight excluding hydrogens is 344 g/mol. The second kappa shape index (κ2) is 6.89. The van der Waals surface area contributed by atoms with Crippen LogP contribution in [0.2, 0.25) is 0 Å². The lowest BCUT2D eigenvalue weighted by atomic mass is 10.1. The molecule has 5 heteroatoms. The number of aromatic nitrogens is 1. The molecule has 1 aliphatic heterocycles. The molecule has 2 aromatic carbocycles. The molecule has 0 fully saturated rings. The normalized spacial score (nSPS) is 15.3. The smallest absolute Gasteiger partial charge is 0.214 e. The van der Waals surface area contributed by atoms with Gasteiger partial charge in [-0.2, -0.15) is 4.31 Å². The molecule has 0 saturated heterocycles. The zero-order valence-corrected chi connectivity index (χ0v) is 15.9. The highest BCUT2D eigenvalue weighted by Gasteiger charge is 2.29. The summed E-state index contributed by atoms with van der Waals surface area (Å²) in [5.74, 6) is 0.227. The van der Waals surface area contributed by atoms with Gasteiger partial charge in [0, 0.05) is 42.7 Å². The molecule has 4 nitrogen and oxygen atoms in total. The molecule has 1 aromatic heterocycles. The number of nitrogens with zero attached hydrogens (tertiary/aromatic N) is 2. The minimum atomic E-state index is -3.17. The summed E-state index contributed by atoms with van der Waals surface area (Å²) in [6, 6.07) is 18.8. The van der Waals surface area contributed by atoms with Gasteiger partial charge in [-0.3, -0.25) is 0 Å². The molecule has 0 saturated carbocycles. The molecule has 0 N–H and O–H groups in total. The van der Waals surface area contributed by atoms with Gasteiger partial charge in [0.05, 0.1) is 5.75 Å². The zero-order valence-electron chi connectivity index (χ0n) is 15.1. The highest BCUT2D eigenvalue weighted by Crippen LogP contribution is 2.32. The number of rotatable bonds is 5. The van der Waals surface area contributed by atoms with Gasteiger partial charge in [-0.25, -0.2) is 8.42 Å². The number of hydrogen-bond acceptors (Lipinski definition) is 2. The molecule has 0 spiro atoms. The first-order valence-corrected chi connectivity index (χ1v) is 10.8. The minimum Gasteiger partial charge on any atom is -0.340 e. The fourth-order valence-corrected chi connectivity index (χ4v) is 5.42. The van der Waals surface area contributed by atoms with Gasteiger partial charge in [0.2, 0.25) is 10.0 Å². The Labute approximate surface area is 155 Å². The van der Waals surface area contributed by atoms with Gasteiger partial charge in [0.1, 0.15) is 0 Å². The Hall–Kier alpha value is -2.11. The molecule has 1 aliphatic rings. The molecule has 0 bridgehead atoms. The summed E-state index contributed by atoms with van der Waals surface area (Å²) in [6.45, 7) is 3.79. The molecule has 3 aromatic rings. The van der Waals surface area contributed by atoms with Crippen molar-refractivity contribution in [2.75, 3.05) is 12.3 Å². The van der Waals surface area contributed by atoms with Crippen molar-refractivity contribution in [2.45, 2.75) is 32.9 Å². The summed E-state index contributed by atoms with van der Waals surface area (Å²) < 4.78 is 29.1. The third kappa shape index (κ3) is 3.06. The number of fused-ring (bicyclic) bond motifs is 3. The van der Waals surface area contributed by atoms with E-state index in [4.69, 9.17) is 0 Å². The Morgan fingerprint density at radius 2 is 1.73 bits per heavy atom. The van der Waals surface area contributed by atoms with Gasteiger partial charge in [-0.15, -0.1) is 0 Å². The molecule has 4 rings (SSSR count). The topological polar surface area (TPSA) is 42.3 Å². The summed E-state index contributed by atoms with van der Waals surface area (Å²) in [4.78, 5) is 0. The van der Waals surface area contributed by atoms with Crippen molar-refractivity contribution >= 4 is 20.9 Å². The third-order valence-corrected chi connectivity index (χ3v) is 7.19. The molecule has 136 valence electrons.